The van der Waals surface area contributed by atoms with E-state index in [4.69, 9.17) is 33.3 Å². The van der Waals surface area contributed by atoms with Gasteiger partial charge in [-0.25, -0.2) is 0 Å². The first-order valence-corrected chi connectivity index (χ1v) is 10.3. The van der Waals surface area contributed by atoms with Gasteiger partial charge in [-0.2, -0.15) is 0 Å². The molecule has 0 unspecified atom stereocenters. The van der Waals surface area contributed by atoms with E-state index in [1.165, 1.54) is 42.4 Å². The zero-order chi connectivity index (χ0) is 24.1. The molecule has 9 nitrogen and oxygen atoms in total. The summed E-state index contributed by atoms with van der Waals surface area (Å²) in [6.45, 7) is 3.73. The molecule has 0 spiro atoms. The number of nitrogens with zero attached hydrogens (tertiary/aromatic N) is 2. The Morgan fingerprint density at radius 1 is 1.30 bits per heavy atom. The van der Waals surface area contributed by atoms with Crippen LogP contribution in [-0.4, -0.2) is 40.4 Å². The molecule has 2 amide bonds. The predicted octanol–water partition coefficient (Wildman–Crippen LogP) is 3.65. The maximum atomic E-state index is 12.7. The van der Waals surface area contributed by atoms with Gasteiger partial charge in [0, 0.05) is 18.7 Å². The molecule has 0 aliphatic carbocycles. The van der Waals surface area contributed by atoms with Crippen LogP contribution >= 0.6 is 23.8 Å². The van der Waals surface area contributed by atoms with Crippen molar-refractivity contribution in [2.75, 3.05) is 13.7 Å². The Morgan fingerprint density at radius 2 is 2.06 bits per heavy atom. The summed E-state index contributed by atoms with van der Waals surface area (Å²) in [5.74, 6) is -0.736. The molecule has 2 aromatic carbocycles. The van der Waals surface area contributed by atoms with Crippen LogP contribution in [0.4, 0.5) is 5.69 Å². The summed E-state index contributed by atoms with van der Waals surface area (Å²) in [6, 6.07) is 9.06. The molecule has 1 fully saturated rings. The first-order chi connectivity index (χ1) is 15.7. The Kier molecular flexibility index (Phi) is 7.41. The molecular formula is C22H18ClN3O6S. The number of thiocarbonyl (C=S) groups is 1. The fraction of sp³-hybridized carbons (Fsp3) is 0.136. The van der Waals surface area contributed by atoms with Gasteiger partial charge >= 0.3 is 0 Å². The van der Waals surface area contributed by atoms with Crippen molar-refractivity contribution >= 4 is 52.5 Å². The fourth-order valence-corrected chi connectivity index (χ4v) is 3.56. The zero-order valence-electron chi connectivity index (χ0n) is 17.4. The molecule has 1 N–H and O–H groups in total. The lowest BCUT2D eigenvalue weighted by Gasteiger charge is -2.27. The van der Waals surface area contributed by atoms with Crippen molar-refractivity contribution in [3.8, 4) is 11.5 Å². The highest BCUT2D eigenvalue weighted by Gasteiger charge is 2.32. The van der Waals surface area contributed by atoms with Crippen molar-refractivity contribution in [2.45, 2.75) is 6.61 Å². The largest absolute Gasteiger partial charge is 0.493 e. The van der Waals surface area contributed by atoms with E-state index in [0.717, 1.165) is 0 Å². The number of hydrogen-bond acceptors (Lipinski definition) is 7. The third kappa shape index (κ3) is 5.36. The number of rotatable bonds is 8. The van der Waals surface area contributed by atoms with Crippen molar-refractivity contribution in [3.63, 3.8) is 0 Å². The Hall–Kier alpha value is -3.76. The quantitative estimate of drug-likeness (QED) is 0.151. The molecular weight excluding hydrogens is 470 g/mol. The fourth-order valence-electron chi connectivity index (χ4n) is 3.03. The van der Waals surface area contributed by atoms with E-state index in [2.05, 4.69) is 11.9 Å². The second kappa shape index (κ2) is 10.2. The number of hydrogen-bond donors (Lipinski definition) is 1. The van der Waals surface area contributed by atoms with Gasteiger partial charge in [-0.05, 0) is 41.6 Å². The molecule has 33 heavy (non-hydrogen) atoms. The standard InChI is InChI=1S/C22H18ClN3O6S/c1-3-7-25-21(28)16(20(27)24-22(25)33)9-14-10-17(23)19(18(11-14)31-2)32-12-13-5-4-6-15(8-13)26(29)30/h3-6,8-11H,1,7,12H2,2H3,(H,24,27,33)/b16-9+. The van der Waals surface area contributed by atoms with Crippen LogP contribution in [0.5, 0.6) is 11.5 Å². The molecule has 1 aliphatic rings. The molecule has 0 radical (unpaired) electrons. The number of ether oxygens (including phenoxy) is 2. The highest BCUT2D eigenvalue weighted by Crippen LogP contribution is 2.38. The SMILES string of the molecule is C=CCN1C(=O)/C(=C/c2cc(Cl)c(OCc3cccc([N+](=O)[O-])c3)c(OC)c2)C(=O)NC1=S. The topological polar surface area (TPSA) is 111 Å². The predicted molar refractivity (Wildman–Crippen MR) is 126 cm³/mol. The van der Waals surface area contributed by atoms with E-state index >= 15 is 0 Å². The number of methoxy groups -OCH3 is 1. The highest BCUT2D eigenvalue weighted by atomic mass is 35.5. The lowest BCUT2D eigenvalue weighted by Crippen LogP contribution is -2.53. The summed E-state index contributed by atoms with van der Waals surface area (Å²) >= 11 is 11.4. The lowest BCUT2D eigenvalue weighted by molar-refractivity contribution is -0.384. The average Bonchev–Trinajstić information content (AvgIpc) is 2.78. The van der Waals surface area contributed by atoms with Crippen molar-refractivity contribution in [2.24, 2.45) is 0 Å². The van der Waals surface area contributed by atoms with E-state index in [0.29, 0.717) is 11.1 Å². The number of carbonyl (C=O) groups is 2. The Morgan fingerprint density at radius 3 is 2.73 bits per heavy atom. The average molecular weight is 488 g/mol. The number of amides is 2. The van der Waals surface area contributed by atoms with E-state index in [1.807, 2.05) is 0 Å². The molecule has 11 heteroatoms. The molecule has 1 aliphatic heterocycles. The summed E-state index contributed by atoms with van der Waals surface area (Å²) in [6.07, 6.45) is 2.86. The third-order valence-electron chi connectivity index (χ3n) is 4.56. The summed E-state index contributed by atoms with van der Waals surface area (Å²) < 4.78 is 11.1. The van der Waals surface area contributed by atoms with Gasteiger partial charge in [0.1, 0.15) is 12.2 Å². The first kappa shape index (κ1) is 23.9. The second-order valence-corrected chi connectivity index (χ2v) is 7.57. The van der Waals surface area contributed by atoms with Crippen LogP contribution in [0.25, 0.3) is 6.08 Å². The zero-order valence-corrected chi connectivity index (χ0v) is 18.9. The van der Waals surface area contributed by atoms with E-state index in [-0.39, 0.29) is 46.0 Å². The van der Waals surface area contributed by atoms with Gasteiger partial charge in [0.2, 0.25) is 0 Å². The number of halogens is 1. The summed E-state index contributed by atoms with van der Waals surface area (Å²) in [4.78, 5) is 36.7. The van der Waals surface area contributed by atoms with Crippen LogP contribution in [-0.2, 0) is 16.2 Å². The minimum Gasteiger partial charge on any atom is -0.493 e. The maximum Gasteiger partial charge on any atom is 0.269 e. The van der Waals surface area contributed by atoms with Crippen molar-refractivity contribution < 1.29 is 24.0 Å². The summed E-state index contributed by atoms with van der Waals surface area (Å²) in [5, 5.41) is 13.6. The second-order valence-electron chi connectivity index (χ2n) is 6.77. The Balaban J connectivity index is 1.88. The smallest absolute Gasteiger partial charge is 0.269 e. The molecule has 1 saturated heterocycles. The molecule has 0 atom stereocenters. The Bertz CT molecular complexity index is 1200. The van der Waals surface area contributed by atoms with Crippen molar-refractivity contribution in [1.29, 1.82) is 0 Å². The van der Waals surface area contributed by atoms with Gasteiger partial charge in [0.25, 0.3) is 17.5 Å². The Labute approximate surface area is 199 Å². The van der Waals surface area contributed by atoms with E-state index in [9.17, 15) is 19.7 Å². The van der Waals surface area contributed by atoms with Crippen molar-refractivity contribution in [3.05, 3.63) is 80.9 Å². The van der Waals surface area contributed by atoms with Gasteiger partial charge in [-0.15, -0.1) is 6.58 Å². The van der Waals surface area contributed by atoms with Crippen LogP contribution in [0.3, 0.4) is 0 Å². The van der Waals surface area contributed by atoms with Gasteiger partial charge < -0.3 is 9.47 Å². The molecule has 3 rings (SSSR count). The first-order valence-electron chi connectivity index (χ1n) is 9.48. The van der Waals surface area contributed by atoms with Gasteiger partial charge in [0.05, 0.1) is 17.1 Å². The summed E-state index contributed by atoms with van der Waals surface area (Å²) in [7, 11) is 1.41. The minimum absolute atomic E-state index is 0.00237. The normalized spacial score (nSPS) is 14.8. The van der Waals surface area contributed by atoms with Crippen LogP contribution < -0.4 is 14.8 Å². The number of benzene rings is 2. The lowest BCUT2D eigenvalue weighted by atomic mass is 10.1. The molecule has 0 bridgehead atoms. The number of nitrogens with one attached hydrogen (secondary N) is 1. The van der Waals surface area contributed by atoms with Crippen LogP contribution in [0.15, 0.2) is 54.6 Å². The van der Waals surface area contributed by atoms with E-state index in [1.54, 1.807) is 18.2 Å². The van der Waals surface area contributed by atoms with Crippen molar-refractivity contribution in [1.82, 2.24) is 10.2 Å². The summed E-state index contributed by atoms with van der Waals surface area (Å²) in [5.41, 5.74) is 0.797. The van der Waals surface area contributed by atoms with Gasteiger partial charge in [0.15, 0.2) is 16.6 Å². The van der Waals surface area contributed by atoms with Gasteiger partial charge in [-0.3, -0.25) is 29.9 Å². The molecule has 0 saturated carbocycles. The minimum atomic E-state index is -0.633. The van der Waals surface area contributed by atoms with Crippen LogP contribution in [0, 0.1) is 10.1 Å². The number of carbonyl (C=O) groups excluding carboxylic acids is 2. The maximum absolute atomic E-state index is 12.7. The monoisotopic (exact) mass is 487 g/mol. The van der Waals surface area contributed by atoms with Crippen LogP contribution in [0.1, 0.15) is 11.1 Å². The number of nitro benzene ring substituents is 1. The molecule has 2 aromatic rings. The third-order valence-corrected chi connectivity index (χ3v) is 5.17. The van der Waals surface area contributed by atoms with Gasteiger partial charge in [-0.1, -0.05) is 29.8 Å². The number of nitro groups is 1. The molecule has 170 valence electrons. The molecule has 1 heterocycles. The molecule has 0 aromatic heterocycles. The van der Waals surface area contributed by atoms with Crippen LogP contribution in [0.2, 0.25) is 5.02 Å². The van der Waals surface area contributed by atoms with E-state index < -0.39 is 16.7 Å². The highest BCUT2D eigenvalue weighted by molar-refractivity contribution is 7.80. The number of non-ortho nitro benzene ring substituents is 1.